The van der Waals surface area contributed by atoms with E-state index in [-0.39, 0.29) is 11.5 Å². The fourth-order valence-electron chi connectivity index (χ4n) is 4.26. The predicted octanol–water partition coefficient (Wildman–Crippen LogP) is 3.00. The van der Waals surface area contributed by atoms with E-state index < -0.39 is 5.82 Å². The van der Waals surface area contributed by atoms with Gasteiger partial charge in [-0.3, -0.25) is 4.79 Å². The molecule has 0 radical (unpaired) electrons. The minimum Gasteiger partial charge on any atom is -0.487 e. The number of nitrogens with zero attached hydrogens (tertiary/aromatic N) is 2. The van der Waals surface area contributed by atoms with Crippen LogP contribution in [0.1, 0.15) is 18.9 Å². The number of rotatable bonds is 8. The van der Waals surface area contributed by atoms with Crippen LogP contribution < -0.4 is 26.4 Å². The Bertz CT molecular complexity index is 1160. The summed E-state index contributed by atoms with van der Waals surface area (Å²) in [5.74, 6) is 0.373. The number of nitrogens with one attached hydrogen (secondary N) is 3. The lowest BCUT2D eigenvalue weighted by Crippen LogP contribution is -2.44. The summed E-state index contributed by atoms with van der Waals surface area (Å²) < 4.78 is 20.5. The first-order chi connectivity index (χ1) is 17.5. The van der Waals surface area contributed by atoms with Crippen LogP contribution in [0.2, 0.25) is 5.02 Å². The number of anilines is 1. The van der Waals surface area contributed by atoms with Crippen molar-refractivity contribution in [2.45, 2.75) is 13.3 Å². The summed E-state index contributed by atoms with van der Waals surface area (Å²) in [7, 11) is 0. The summed E-state index contributed by atoms with van der Waals surface area (Å²) in [6.45, 7) is 8.37. The van der Waals surface area contributed by atoms with E-state index in [2.05, 4.69) is 25.8 Å². The lowest BCUT2D eigenvalue weighted by Gasteiger charge is -2.27. The molecular weight excluding hydrogens is 483 g/mol. The molecule has 2 aliphatic rings. The van der Waals surface area contributed by atoms with Gasteiger partial charge in [0.05, 0.1) is 12.2 Å². The van der Waals surface area contributed by atoms with Crippen LogP contribution in [0.4, 0.5) is 10.2 Å². The molecule has 1 aromatic heterocycles. The van der Waals surface area contributed by atoms with Gasteiger partial charge >= 0.3 is 0 Å². The number of hydrogen-bond donors (Lipinski definition) is 4. The predicted molar refractivity (Wildman–Crippen MR) is 141 cm³/mol. The molecule has 0 bridgehead atoms. The van der Waals surface area contributed by atoms with Gasteiger partial charge in [0, 0.05) is 66.2 Å². The Balaban J connectivity index is 1.53. The lowest BCUT2D eigenvalue weighted by molar-refractivity contribution is -0.117. The van der Waals surface area contributed by atoms with E-state index in [4.69, 9.17) is 22.1 Å². The Morgan fingerprint density at radius 2 is 2.11 bits per heavy atom. The molecule has 36 heavy (non-hydrogen) atoms. The van der Waals surface area contributed by atoms with Gasteiger partial charge in [-0.15, -0.1) is 0 Å². The van der Waals surface area contributed by atoms with Crippen molar-refractivity contribution < 1.29 is 13.9 Å². The molecule has 0 saturated carbocycles. The number of aromatic nitrogens is 1. The second-order valence-electron chi connectivity index (χ2n) is 8.78. The molecule has 1 amide bonds. The third-order valence-electron chi connectivity index (χ3n) is 6.19. The second kappa shape index (κ2) is 12.2. The van der Waals surface area contributed by atoms with Crippen LogP contribution in [0.3, 0.4) is 0 Å². The largest absolute Gasteiger partial charge is 0.487 e. The summed E-state index contributed by atoms with van der Waals surface area (Å²) in [5.41, 5.74) is 8.30. The fourth-order valence-corrected chi connectivity index (χ4v) is 4.43. The molecule has 0 atom stereocenters. The maximum atomic E-state index is 14.6. The van der Waals surface area contributed by atoms with Crippen molar-refractivity contribution in [1.29, 1.82) is 0 Å². The molecule has 5 N–H and O–H groups in total. The zero-order valence-electron chi connectivity index (χ0n) is 20.4. The van der Waals surface area contributed by atoms with Crippen molar-refractivity contribution in [2.24, 2.45) is 5.73 Å². The molecule has 1 aromatic carbocycles. The van der Waals surface area contributed by atoms with Gasteiger partial charge in [0.1, 0.15) is 12.4 Å². The standard InChI is InChI=1S/C26H32ClFN6O2/c1-17(26(35)32-5-2-9-34-10-6-30-7-11-34)13-18(16-29)20-15-23(21-14-19(27)3-4-22(21)28)33-25-24(20)36-12-8-31-25/h3-4,13-16,30H,2,5-12,29H2,1H3,(H,31,33)(H,32,35)/b17-13+,18-16+. The van der Waals surface area contributed by atoms with E-state index in [1.165, 1.54) is 24.4 Å². The molecule has 0 spiro atoms. The number of piperazine rings is 1. The van der Waals surface area contributed by atoms with Crippen molar-refractivity contribution in [1.82, 2.24) is 20.5 Å². The molecule has 8 nitrogen and oxygen atoms in total. The molecule has 2 aliphatic heterocycles. The number of fused-ring (bicyclic) bond motifs is 1. The highest BCUT2D eigenvalue weighted by molar-refractivity contribution is 6.30. The molecule has 10 heteroatoms. The lowest BCUT2D eigenvalue weighted by atomic mass is 10.00. The number of hydrogen-bond acceptors (Lipinski definition) is 7. The van der Waals surface area contributed by atoms with Crippen molar-refractivity contribution in [3.63, 3.8) is 0 Å². The number of amides is 1. The Morgan fingerprint density at radius 3 is 2.89 bits per heavy atom. The number of pyridine rings is 1. The molecule has 192 valence electrons. The average Bonchev–Trinajstić information content (AvgIpc) is 2.90. The van der Waals surface area contributed by atoms with Crippen molar-refractivity contribution in [3.8, 4) is 17.0 Å². The van der Waals surface area contributed by atoms with Crippen LogP contribution in [-0.2, 0) is 4.79 Å². The van der Waals surface area contributed by atoms with E-state index in [1.54, 1.807) is 19.1 Å². The van der Waals surface area contributed by atoms with Crippen LogP contribution in [0.5, 0.6) is 5.75 Å². The average molecular weight is 515 g/mol. The van der Waals surface area contributed by atoms with Gasteiger partial charge in [-0.2, -0.15) is 0 Å². The highest BCUT2D eigenvalue weighted by Crippen LogP contribution is 2.39. The third-order valence-corrected chi connectivity index (χ3v) is 6.42. The topological polar surface area (TPSA) is 105 Å². The SMILES string of the molecule is C/C(=C\C(=C/N)c1cc(-c2cc(Cl)ccc2F)nc2c1OCCN2)C(=O)NCCCN1CCNCC1. The smallest absolute Gasteiger partial charge is 0.246 e. The summed E-state index contributed by atoms with van der Waals surface area (Å²) in [6.07, 6.45) is 3.99. The van der Waals surface area contributed by atoms with Crippen LogP contribution in [0, 0.1) is 5.82 Å². The molecule has 4 rings (SSSR count). The van der Waals surface area contributed by atoms with Gasteiger partial charge in [0.15, 0.2) is 11.6 Å². The zero-order chi connectivity index (χ0) is 25.5. The monoisotopic (exact) mass is 514 g/mol. The number of carbonyl (C=O) groups excluding carboxylic acids is 1. The first-order valence-corrected chi connectivity index (χ1v) is 12.5. The van der Waals surface area contributed by atoms with E-state index in [1.807, 2.05) is 0 Å². The Hall–Kier alpha value is -3.14. The molecule has 2 aromatic rings. The number of allylic oxidation sites excluding steroid dienone is 2. The van der Waals surface area contributed by atoms with Crippen molar-refractivity contribution >= 4 is 28.9 Å². The first kappa shape index (κ1) is 25.9. The van der Waals surface area contributed by atoms with Gasteiger partial charge in [-0.25, -0.2) is 9.37 Å². The van der Waals surface area contributed by atoms with Gasteiger partial charge in [-0.1, -0.05) is 11.6 Å². The van der Waals surface area contributed by atoms with Crippen LogP contribution in [0.15, 0.2) is 42.1 Å². The minimum atomic E-state index is -0.445. The molecule has 3 heterocycles. The summed E-state index contributed by atoms with van der Waals surface area (Å²) in [5, 5.41) is 9.91. The van der Waals surface area contributed by atoms with Crippen LogP contribution in [0.25, 0.3) is 16.8 Å². The highest BCUT2D eigenvalue weighted by Gasteiger charge is 2.22. The van der Waals surface area contributed by atoms with Crippen LogP contribution >= 0.6 is 11.6 Å². The van der Waals surface area contributed by atoms with Gasteiger partial charge in [0.25, 0.3) is 0 Å². The van der Waals surface area contributed by atoms with E-state index in [0.717, 1.165) is 39.1 Å². The Kier molecular flexibility index (Phi) is 8.79. The second-order valence-corrected chi connectivity index (χ2v) is 9.22. The van der Waals surface area contributed by atoms with E-state index in [0.29, 0.717) is 58.7 Å². The number of nitrogens with two attached hydrogens (primary N) is 1. The minimum absolute atomic E-state index is 0.169. The normalized spacial score (nSPS) is 16.6. The molecule has 1 saturated heterocycles. The van der Waals surface area contributed by atoms with Crippen LogP contribution in [-0.4, -0.2) is 68.2 Å². The maximum absolute atomic E-state index is 14.6. The number of ether oxygens (including phenoxy) is 1. The van der Waals surface area contributed by atoms with E-state index >= 15 is 0 Å². The third kappa shape index (κ3) is 6.34. The summed E-state index contributed by atoms with van der Waals surface area (Å²) in [6, 6.07) is 6.02. The maximum Gasteiger partial charge on any atom is 0.246 e. The number of carbonyl (C=O) groups is 1. The highest BCUT2D eigenvalue weighted by atomic mass is 35.5. The van der Waals surface area contributed by atoms with Gasteiger partial charge in [-0.05, 0) is 50.2 Å². The molecule has 0 unspecified atom stereocenters. The van der Waals surface area contributed by atoms with E-state index in [9.17, 15) is 9.18 Å². The summed E-state index contributed by atoms with van der Waals surface area (Å²) >= 11 is 6.11. The number of benzene rings is 1. The molecule has 1 fully saturated rings. The zero-order valence-corrected chi connectivity index (χ0v) is 21.1. The number of halogens is 2. The Morgan fingerprint density at radius 1 is 1.31 bits per heavy atom. The molecule has 0 aliphatic carbocycles. The van der Waals surface area contributed by atoms with Crippen molar-refractivity contribution in [2.75, 3.05) is 57.7 Å². The van der Waals surface area contributed by atoms with Crippen molar-refractivity contribution in [3.05, 3.63) is 58.5 Å². The quantitative estimate of drug-likeness (QED) is 0.244. The summed E-state index contributed by atoms with van der Waals surface area (Å²) in [4.78, 5) is 19.7. The Labute approximate surface area is 215 Å². The first-order valence-electron chi connectivity index (χ1n) is 12.1. The molecular formula is C26H32ClFN6O2. The van der Waals surface area contributed by atoms with Gasteiger partial charge < -0.3 is 31.3 Å². The van der Waals surface area contributed by atoms with Gasteiger partial charge in [0.2, 0.25) is 5.91 Å². The fraction of sp³-hybridized carbons (Fsp3) is 0.385.